The Balaban J connectivity index is 1.60. The smallest absolute Gasteiger partial charge is 0.295 e. The van der Waals surface area contributed by atoms with Crippen molar-refractivity contribution in [2.45, 2.75) is 37.8 Å². The van der Waals surface area contributed by atoms with Crippen LogP contribution in [0.1, 0.15) is 41.0 Å². The van der Waals surface area contributed by atoms with Crippen LogP contribution in [-0.4, -0.2) is 17.5 Å². The van der Waals surface area contributed by atoms with Crippen molar-refractivity contribution >= 4 is 0 Å². The molecule has 0 spiro atoms. The Morgan fingerprint density at radius 1 is 1.14 bits per heavy atom. The van der Waals surface area contributed by atoms with Crippen molar-refractivity contribution in [1.82, 2.24) is 4.90 Å². The van der Waals surface area contributed by atoms with Gasteiger partial charge in [-0.25, -0.2) is 0 Å². The molecule has 0 radical (unpaired) electrons. The van der Waals surface area contributed by atoms with E-state index in [2.05, 4.69) is 53.4 Å². The summed E-state index contributed by atoms with van der Waals surface area (Å²) >= 11 is 0. The largest absolute Gasteiger partial charge is 0.308 e. The van der Waals surface area contributed by atoms with Crippen LogP contribution in [0.5, 0.6) is 0 Å². The van der Waals surface area contributed by atoms with Gasteiger partial charge in [-0.3, -0.25) is 4.90 Å². The van der Waals surface area contributed by atoms with Crippen LogP contribution in [0.15, 0.2) is 48.5 Å². The van der Waals surface area contributed by atoms with E-state index in [4.69, 9.17) is 5.26 Å². The lowest BCUT2D eigenvalue weighted by molar-refractivity contribution is -0.0909. The summed E-state index contributed by atoms with van der Waals surface area (Å²) < 4.78 is 0. The molecular formula is C20H21N2+. The van der Waals surface area contributed by atoms with Crippen molar-refractivity contribution in [1.29, 1.82) is 0 Å². The molecule has 2 atom stereocenters. The van der Waals surface area contributed by atoms with Crippen LogP contribution in [0.25, 0.3) is 0 Å². The van der Waals surface area contributed by atoms with E-state index in [9.17, 15) is 0 Å². The van der Waals surface area contributed by atoms with Crippen LogP contribution < -0.4 is 5.26 Å². The first-order valence-electron chi connectivity index (χ1n) is 8.18. The van der Waals surface area contributed by atoms with E-state index < -0.39 is 0 Å². The average molecular weight is 289 g/mol. The second kappa shape index (κ2) is 5.59. The number of likely N-dealkylation sites (tertiary alicyclic amines) is 1. The molecule has 0 bridgehead atoms. The van der Waals surface area contributed by atoms with Gasteiger partial charge in [0.25, 0.3) is 0 Å². The summed E-state index contributed by atoms with van der Waals surface area (Å²) in [7, 11) is 0. The molecule has 1 heterocycles. The van der Waals surface area contributed by atoms with Gasteiger partial charge in [-0.05, 0) is 54.6 Å². The van der Waals surface area contributed by atoms with Gasteiger partial charge in [0.1, 0.15) is 5.56 Å². The molecule has 1 aliphatic heterocycles. The Hall–Kier alpha value is -2.11. The quantitative estimate of drug-likeness (QED) is 0.901. The van der Waals surface area contributed by atoms with Crippen LogP contribution in [0.3, 0.4) is 0 Å². The van der Waals surface area contributed by atoms with Crippen LogP contribution in [0, 0.1) is 6.07 Å². The van der Waals surface area contributed by atoms with Crippen molar-refractivity contribution < 1.29 is 5.26 Å². The highest BCUT2D eigenvalue weighted by molar-refractivity contribution is 5.44. The van der Waals surface area contributed by atoms with Crippen LogP contribution in [0.4, 0.5) is 0 Å². The highest BCUT2D eigenvalue weighted by atomic mass is 15.2. The first-order chi connectivity index (χ1) is 10.8. The topological polar surface area (TPSA) is 27.0 Å². The van der Waals surface area contributed by atoms with Crippen LogP contribution >= 0.6 is 0 Å². The van der Waals surface area contributed by atoms with Crippen molar-refractivity contribution in [2.75, 3.05) is 6.54 Å². The van der Waals surface area contributed by atoms with E-state index in [1.54, 1.807) is 0 Å². The Bertz CT molecular complexity index is 714. The molecule has 2 aromatic carbocycles. The SMILES string of the molecule is [NH+]#Cc1ccc2c(c1)[C@H]1CCCN(Cc3ccccc3)[C@H]1C2. The predicted molar refractivity (Wildman–Crippen MR) is 86.7 cm³/mol. The average Bonchev–Trinajstić information content (AvgIpc) is 2.95. The number of nitrogens with zero attached hydrogens (tertiary/aromatic N) is 1. The van der Waals surface area contributed by atoms with E-state index in [-0.39, 0.29) is 0 Å². The zero-order valence-corrected chi connectivity index (χ0v) is 12.8. The molecular weight excluding hydrogens is 268 g/mol. The Labute approximate surface area is 132 Å². The van der Waals surface area contributed by atoms with Gasteiger partial charge in [0.2, 0.25) is 0 Å². The van der Waals surface area contributed by atoms with Crippen molar-refractivity contribution in [3.05, 3.63) is 70.8 Å². The molecule has 2 nitrogen and oxygen atoms in total. The zero-order valence-electron chi connectivity index (χ0n) is 12.8. The van der Waals surface area contributed by atoms with E-state index in [1.165, 1.54) is 36.1 Å². The fraction of sp³-hybridized carbons (Fsp3) is 0.350. The predicted octanol–water partition coefficient (Wildman–Crippen LogP) is 2.11. The number of benzene rings is 2. The summed E-state index contributed by atoms with van der Waals surface area (Å²) in [5.74, 6) is 0.640. The summed E-state index contributed by atoms with van der Waals surface area (Å²) in [5.41, 5.74) is 5.28. The standard InChI is InChI=1S/C20H20N2/c21-13-16-8-9-17-12-20-18(19(17)11-16)7-4-10-22(20)14-15-5-2-1-3-6-15/h1-3,5-6,8-9,11,18,20H,4,7,10,12,14H2/p+1/t18-,20+/m1/s1. The molecule has 2 aromatic rings. The molecule has 1 N–H and O–H groups in total. The second-order valence-electron chi connectivity index (χ2n) is 6.51. The molecule has 110 valence electrons. The van der Waals surface area contributed by atoms with E-state index >= 15 is 0 Å². The van der Waals surface area contributed by atoms with Crippen molar-refractivity contribution in [2.24, 2.45) is 0 Å². The number of rotatable bonds is 2. The molecule has 2 aliphatic rings. The molecule has 0 aromatic heterocycles. The summed E-state index contributed by atoms with van der Waals surface area (Å²) in [6.45, 7) is 2.26. The number of hydrogen-bond donors (Lipinski definition) is 1. The van der Waals surface area contributed by atoms with Crippen molar-refractivity contribution in [3.8, 4) is 6.07 Å². The van der Waals surface area contributed by atoms with Gasteiger partial charge in [0, 0.05) is 18.5 Å². The molecule has 0 unspecified atom stereocenters. The monoisotopic (exact) mass is 289 g/mol. The normalized spacial score (nSPS) is 23.6. The number of nitrogens with one attached hydrogen (secondary N) is 1. The van der Waals surface area contributed by atoms with Gasteiger partial charge in [-0.1, -0.05) is 41.7 Å². The third-order valence-electron chi connectivity index (χ3n) is 5.24. The molecule has 22 heavy (non-hydrogen) atoms. The van der Waals surface area contributed by atoms with Crippen molar-refractivity contribution in [3.63, 3.8) is 0 Å². The van der Waals surface area contributed by atoms with Gasteiger partial charge >= 0.3 is 6.07 Å². The minimum atomic E-state index is 0.630. The second-order valence-corrected chi connectivity index (χ2v) is 6.51. The lowest BCUT2D eigenvalue weighted by Gasteiger charge is -2.38. The van der Waals surface area contributed by atoms with Gasteiger partial charge < -0.3 is 0 Å². The number of hydrogen-bond acceptors (Lipinski definition) is 1. The van der Waals surface area contributed by atoms with Gasteiger partial charge in [0.05, 0.1) is 0 Å². The highest BCUT2D eigenvalue weighted by Crippen LogP contribution is 2.42. The molecule has 1 aliphatic carbocycles. The summed E-state index contributed by atoms with van der Waals surface area (Å²) in [4.78, 5) is 2.66. The van der Waals surface area contributed by atoms with E-state index in [0.717, 1.165) is 18.5 Å². The van der Waals surface area contributed by atoms with Gasteiger partial charge in [-0.15, -0.1) is 0 Å². The Morgan fingerprint density at radius 2 is 2.00 bits per heavy atom. The first-order valence-corrected chi connectivity index (χ1v) is 8.18. The Kier molecular flexibility index (Phi) is 3.44. The third kappa shape index (κ3) is 2.32. The maximum Gasteiger partial charge on any atom is 0.308 e. The molecule has 2 heteroatoms. The fourth-order valence-electron chi connectivity index (χ4n) is 4.20. The summed E-state index contributed by atoms with van der Waals surface area (Å²) in [6.07, 6.45) is 3.71. The molecule has 1 saturated heterocycles. The lowest BCUT2D eigenvalue weighted by Crippen LogP contribution is -2.42. The fourth-order valence-corrected chi connectivity index (χ4v) is 4.20. The molecule has 4 rings (SSSR count). The molecule has 0 amide bonds. The minimum Gasteiger partial charge on any atom is -0.295 e. The third-order valence-corrected chi connectivity index (χ3v) is 5.24. The highest BCUT2D eigenvalue weighted by Gasteiger charge is 2.38. The Morgan fingerprint density at radius 3 is 2.82 bits per heavy atom. The van der Waals surface area contributed by atoms with E-state index in [0.29, 0.717) is 12.0 Å². The van der Waals surface area contributed by atoms with Gasteiger partial charge in [0.15, 0.2) is 0 Å². The van der Waals surface area contributed by atoms with Crippen LogP contribution in [-0.2, 0) is 13.0 Å². The van der Waals surface area contributed by atoms with E-state index in [1.807, 2.05) is 6.07 Å². The summed E-state index contributed by atoms with van der Waals surface area (Å²) in [6, 6.07) is 20.4. The van der Waals surface area contributed by atoms with Gasteiger partial charge in [-0.2, -0.15) is 0 Å². The zero-order chi connectivity index (χ0) is 14.9. The van der Waals surface area contributed by atoms with Crippen LogP contribution in [0.2, 0.25) is 0 Å². The lowest BCUT2D eigenvalue weighted by atomic mass is 9.88. The maximum absolute atomic E-state index is 7.37. The maximum atomic E-state index is 7.37. The molecule has 0 saturated carbocycles. The minimum absolute atomic E-state index is 0.630. The number of fused-ring (bicyclic) bond motifs is 3. The number of piperidine rings is 1. The molecule has 1 fully saturated rings. The summed E-state index contributed by atoms with van der Waals surface area (Å²) in [5, 5.41) is 7.37. The first kappa shape index (κ1) is 13.5.